The van der Waals surface area contributed by atoms with Crippen LogP contribution in [0.4, 0.5) is 34.8 Å². The number of halogens is 4. The van der Waals surface area contributed by atoms with Crippen LogP contribution in [0.25, 0.3) is 11.3 Å². The Hall–Kier alpha value is -3.09. The molecule has 1 aromatic heterocycles. The van der Waals surface area contributed by atoms with Crippen LogP contribution in [0.5, 0.6) is 0 Å². The van der Waals surface area contributed by atoms with Crippen molar-refractivity contribution in [3.63, 3.8) is 0 Å². The molecule has 2 N–H and O–H groups in total. The van der Waals surface area contributed by atoms with Crippen LogP contribution in [0.2, 0.25) is 0 Å². The van der Waals surface area contributed by atoms with Gasteiger partial charge in [-0.25, -0.2) is 9.37 Å². The molecule has 2 aromatic carbocycles. The molecule has 0 aliphatic heterocycles. The monoisotopic (exact) mass is 347 g/mol. The Balaban J connectivity index is 1.78. The number of pyridine rings is 1. The van der Waals surface area contributed by atoms with E-state index in [1.807, 2.05) is 0 Å². The van der Waals surface area contributed by atoms with Gasteiger partial charge in [0.1, 0.15) is 11.6 Å². The lowest BCUT2D eigenvalue weighted by Crippen LogP contribution is -2.20. The highest BCUT2D eigenvalue weighted by atomic mass is 19.4. The number of aromatic nitrogens is 1. The van der Waals surface area contributed by atoms with Crippen molar-refractivity contribution in [2.45, 2.75) is 6.30 Å². The first-order valence-corrected chi connectivity index (χ1v) is 7.34. The van der Waals surface area contributed by atoms with Crippen molar-refractivity contribution in [2.24, 2.45) is 0 Å². The van der Waals surface area contributed by atoms with Gasteiger partial charge in [-0.05, 0) is 48.5 Å². The molecular formula is C18H13F4N3. The van der Waals surface area contributed by atoms with Crippen LogP contribution in [0.1, 0.15) is 0 Å². The Morgan fingerprint density at radius 3 is 2.04 bits per heavy atom. The number of nitrogens with zero attached hydrogens (tertiary/aromatic N) is 1. The molecule has 0 saturated carbocycles. The molecule has 1 heterocycles. The summed E-state index contributed by atoms with van der Waals surface area (Å²) >= 11 is 0. The fraction of sp³-hybridized carbons (Fsp3) is 0.0556. The molecule has 0 fully saturated rings. The molecule has 7 heteroatoms. The molecule has 0 unspecified atom stereocenters. The van der Waals surface area contributed by atoms with Gasteiger partial charge in [0.25, 0.3) is 0 Å². The summed E-state index contributed by atoms with van der Waals surface area (Å²) in [6.45, 7) is 0. The number of benzene rings is 2. The fourth-order valence-corrected chi connectivity index (χ4v) is 2.23. The van der Waals surface area contributed by atoms with Gasteiger partial charge in [0, 0.05) is 16.9 Å². The maximum atomic E-state index is 12.9. The molecule has 3 aromatic rings. The lowest BCUT2D eigenvalue weighted by Gasteiger charge is -2.11. The largest absolute Gasteiger partial charge is 0.482 e. The molecule has 0 bridgehead atoms. The third-order valence-electron chi connectivity index (χ3n) is 3.33. The molecule has 0 radical (unpaired) electrons. The summed E-state index contributed by atoms with van der Waals surface area (Å²) in [5, 5.41) is 4.49. The molecule has 3 nitrogen and oxygen atoms in total. The van der Waals surface area contributed by atoms with Gasteiger partial charge >= 0.3 is 6.30 Å². The number of hydrogen-bond acceptors (Lipinski definition) is 3. The predicted octanol–water partition coefficient (Wildman–Crippen LogP) is 5.56. The van der Waals surface area contributed by atoms with E-state index in [1.54, 1.807) is 42.5 Å². The molecule has 25 heavy (non-hydrogen) atoms. The van der Waals surface area contributed by atoms with Crippen molar-refractivity contribution in [3.05, 3.63) is 72.5 Å². The first-order valence-electron chi connectivity index (χ1n) is 7.34. The highest BCUT2D eigenvalue weighted by Crippen LogP contribution is 2.25. The Kier molecular flexibility index (Phi) is 4.56. The van der Waals surface area contributed by atoms with Crippen LogP contribution in [0.15, 0.2) is 66.7 Å². The van der Waals surface area contributed by atoms with E-state index in [1.165, 1.54) is 29.6 Å². The topological polar surface area (TPSA) is 37.0 Å². The van der Waals surface area contributed by atoms with Crippen molar-refractivity contribution in [1.29, 1.82) is 0 Å². The summed E-state index contributed by atoms with van der Waals surface area (Å²) in [6.07, 6.45) is -4.47. The number of anilines is 3. The summed E-state index contributed by atoms with van der Waals surface area (Å²) in [5.41, 5.74) is 1.91. The van der Waals surface area contributed by atoms with Crippen LogP contribution in [0.3, 0.4) is 0 Å². The summed E-state index contributed by atoms with van der Waals surface area (Å²) in [5.74, 6) is 0.210. The maximum absolute atomic E-state index is 12.9. The smallest absolute Gasteiger partial charge is 0.340 e. The van der Waals surface area contributed by atoms with E-state index < -0.39 is 6.30 Å². The van der Waals surface area contributed by atoms with Crippen LogP contribution in [-0.2, 0) is 0 Å². The quantitative estimate of drug-likeness (QED) is 0.479. The van der Waals surface area contributed by atoms with Crippen LogP contribution in [0, 0.1) is 5.82 Å². The number of hydrogen-bond donors (Lipinski definition) is 2. The fourth-order valence-electron chi connectivity index (χ4n) is 2.23. The van der Waals surface area contributed by atoms with Gasteiger partial charge in [0.05, 0.1) is 5.69 Å². The van der Waals surface area contributed by atoms with Gasteiger partial charge in [-0.2, -0.15) is 13.2 Å². The second-order valence-corrected chi connectivity index (χ2v) is 5.24. The first-order chi connectivity index (χ1) is 11.9. The van der Waals surface area contributed by atoms with Crippen molar-refractivity contribution in [1.82, 2.24) is 4.98 Å². The minimum atomic E-state index is -4.47. The normalized spacial score (nSPS) is 11.2. The Bertz CT molecular complexity index is 843. The highest BCUT2D eigenvalue weighted by Gasteiger charge is 2.26. The van der Waals surface area contributed by atoms with Crippen molar-refractivity contribution in [2.75, 3.05) is 10.6 Å². The zero-order valence-corrected chi connectivity index (χ0v) is 12.8. The molecule has 0 aliphatic rings. The van der Waals surface area contributed by atoms with E-state index in [4.69, 9.17) is 0 Å². The van der Waals surface area contributed by atoms with Gasteiger partial charge in [0.2, 0.25) is 0 Å². The molecule has 3 rings (SSSR count). The third kappa shape index (κ3) is 4.69. The molecule has 0 aliphatic carbocycles. The second kappa shape index (κ2) is 6.80. The summed E-state index contributed by atoms with van der Waals surface area (Å²) in [6, 6.07) is 16.9. The summed E-state index contributed by atoms with van der Waals surface area (Å²) in [7, 11) is 0. The van der Waals surface area contributed by atoms with Gasteiger partial charge in [0.15, 0.2) is 0 Å². The minimum absolute atomic E-state index is 0.0446. The van der Waals surface area contributed by atoms with Crippen molar-refractivity contribution in [3.8, 4) is 11.3 Å². The van der Waals surface area contributed by atoms with Gasteiger partial charge in [-0.1, -0.05) is 18.2 Å². The third-order valence-corrected chi connectivity index (χ3v) is 3.33. The Morgan fingerprint density at radius 2 is 1.40 bits per heavy atom. The number of nitrogens with one attached hydrogen (secondary N) is 2. The van der Waals surface area contributed by atoms with Crippen molar-refractivity contribution >= 4 is 17.2 Å². The Labute approximate surface area is 141 Å². The SMILES string of the molecule is Fc1ccc(Nc2cccc(-c3ccc(NC(F)(F)F)cc3)n2)cc1. The second-order valence-electron chi connectivity index (χ2n) is 5.24. The van der Waals surface area contributed by atoms with Gasteiger partial charge in [-0.3, -0.25) is 5.32 Å². The molecule has 0 amide bonds. The van der Waals surface area contributed by atoms with E-state index >= 15 is 0 Å². The van der Waals surface area contributed by atoms with Gasteiger partial charge < -0.3 is 5.32 Å². The van der Waals surface area contributed by atoms with E-state index in [2.05, 4.69) is 10.3 Å². The zero-order chi connectivity index (χ0) is 17.9. The van der Waals surface area contributed by atoms with E-state index in [9.17, 15) is 17.6 Å². The van der Waals surface area contributed by atoms with Crippen LogP contribution >= 0.6 is 0 Å². The van der Waals surface area contributed by atoms with Crippen LogP contribution in [-0.4, -0.2) is 11.3 Å². The van der Waals surface area contributed by atoms with E-state index in [-0.39, 0.29) is 11.5 Å². The number of alkyl halides is 3. The molecule has 0 atom stereocenters. The zero-order valence-electron chi connectivity index (χ0n) is 12.8. The average Bonchev–Trinajstić information content (AvgIpc) is 2.56. The lowest BCUT2D eigenvalue weighted by molar-refractivity contribution is -0.0999. The lowest BCUT2D eigenvalue weighted by atomic mass is 10.1. The minimum Gasteiger partial charge on any atom is -0.340 e. The standard InChI is InChI=1S/C18H13F4N3/c19-13-6-10-14(11-7-13)23-17-3-1-2-16(24-17)12-4-8-15(9-5-12)25-18(20,21)22/h1-11,25H,(H,23,24). The Morgan fingerprint density at radius 1 is 0.760 bits per heavy atom. The maximum Gasteiger partial charge on any atom is 0.482 e. The van der Waals surface area contributed by atoms with Crippen LogP contribution < -0.4 is 10.6 Å². The highest BCUT2D eigenvalue weighted by molar-refractivity contribution is 5.66. The molecule has 0 saturated heterocycles. The summed E-state index contributed by atoms with van der Waals surface area (Å²) in [4.78, 5) is 4.42. The average molecular weight is 347 g/mol. The van der Waals surface area contributed by atoms with Gasteiger partial charge in [-0.15, -0.1) is 0 Å². The van der Waals surface area contributed by atoms with E-state index in [0.717, 1.165) is 0 Å². The first kappa shape index (κ1) is 16.8. The van der Waals surface area contributed by atoms with E-state index in [0.29, 0.717) is 22.8 Å². The summed E-state index contributed by atoms with van der Waals surface area (Å²) < 4.78 is 49.8. The predicted molar refractivity (Wildman–Crippen MR) is 89.0 cm³/mol. The number of rotatable bonds is 4. The molecule has 128 valence electrons. The molecule has 0 spiro atoms. The van der Waals surface area contributed by atoms with Crippen molar-refractivity contribution < 1.29 is 17.6 Å². The molecular weight excluding hydrogens is 334 g/mol.